The third-order valence-corrected chi connectivity index (χ3v) is 3.60. The first-order valence-corrected chi connectivity index (χ1v) is 8.86. The molecule has 0 aliphatic heterocycles. The first-order valence-electron chi connectivity index (χ1n) is 8.86. The molecule has 1 rings (SSSR count). The third kappa shape index (κ3) is 9.22. The van der Waals surface area contributed by atoms with Gasteiger partial charge in [0.15, 0.2) is 0 Å². The number of aliphatic carboxylic acids is 1. The molecule has 0 radical (unpaired) electrons. The molecule has 2 N–H and O–H groups in total. The molecular formula is C20H30N2O4. The van der Waals surface area contributed by atoms with E-state index in [1.165, 1.54) is 0 Å². The van der Waals surface area contributed by atoms with Gasteiger partial charge in [-0.15, -0.1) is 0 Å². The van der Waals surface area contributed by atoms with Crippen molar-refractivity contribution in [3.8, 4) is 0 Å². The lowest BCUT2D eigenvalue weighted by atomic mass is 10.1. The molecule has 6 heteroatoms. The Labute approximate surface area is 155 Å². The van der Waals surface area contributed by atoms with Gasteiger partial charge in [0.2, 0.25) is 0 Å². The van der Waals surface area contributed by atoms with E-state index in [0.29, 0.717) is 38.2 Å². The lowest BCUT2D eigenvalue weighted by Crippen LogP contribution is -2.38. The number of carboxylic acids is 1. The number of carbonyl (C=O) groups excluding carboxylic acids is 1. The van der Waals surface area contributed by atoms with E-state index in [-0.39, 0.29) is 0 Å². The molecular weight excluding hydrogens is 332 g/mol. The highest BCUT2D eigenvalue weighted by Gasteiger charge is 2.16. The molecule has 0 aliphatic carbocycles. The number of hydrogen-bond donors (Lipinski definition) is 2. The zero-order valence-electron chi connectivity index (χ0n) is 16.1. The van der Waals surface area contributed by atoms with E-state index in [1.54, 1.807) is 6.08 Å². The van der Waals surface area contributed by atoms with Gasteiger partial charge in [0.25, 0.3) is 0 Å². The van der Waals surface area contributed by atoms with Gasteiger partial charge in [-0.3, -0.25) is 4.90 Å². The predicted molar refractivity (Wildman–Crippen MR) is 102 cm³/mol. The van der Waals surface area contributed by atoms with Crippen LogP contribution in [0.15, 0.2) is 42.0 Å². The Hall–Kier alpha value is -2.34. The van der Waals surface area contributed by atoms with Crippen LogP contribution in [0.4, 0.5) is 4.79 Å². The molecule has 0 aromatic heterocycles. The summed E-state index contributed by atoms with van der Waals surface area (Å²) in [6.45, 7) is 9.45. The molecule has 0 atom stereocenters. The van der Waals surface area contributed by atoms with E-state index in [2.05, 4.69) is 10.2 Å². The number of carbonyl (C=O) groups is 2. The minimum atomic E-state index is -0.890. The van der Waals surface area contributed by atoms with Crippen molar-refractivity contribution in [1.29, 1.82) is 0 Å². The molecule has 0 bridgehead atoms. The van der Waals surface area contributed by atoms with E-state index in [1.807, 2.05) is 58.0 Å². The van der Waals surface area contributed by atoms with Crippen molar-refractivity contribution >= 4 is 12.1 Å². The minimum Gasteiger partial charge on any atom is -0.478 e. The second-order valence-electron chi connectivity index (χ2n) is 7.04. The predicted octanol–water partition coefficient (Wildman–Crippen LogP) is 3.43. The van der Waals surface area contributed by atoms with Crippen LogP contribution in [0.1, 0.15) is 39.7 Å². The Morgan fingerprint density at radius 2 is 1.88 bits per heavy atom. The maximum Gasteiger partial charge on any atom is 0.407 e. The lowest BCUT2D eigenvalue weighted by Gasteiger charge is -2.23. The highest BCUT2D eigenvalue weighted by molar-refractivity contribution is 5.86. The summed E-state index contributed by atoms with van der Waals surface area (Å²) >= 11 is 0. The highest BCUT2D eigenvalue weighted by Crippen LogP contribution is 2.08. The van der Waals surface area contributed by atoms with Crippen molar-refractivity contribution in [1.82, 2.24) is 10.2 Å². The summed E-state index contributed by atoms with van der Waals surface area (Å²) in [5, 5.41) is 11.9. The smallest absolute Gasteiger partial charge is 0.407 e. The van der Waals surface area contributed by atoms with Crippen LogP contribution in [0.25, 0.3) is 0 Å². The zero-order chi connectivity index (χ0) is 19.6. The van der Waals surface area contributed by atoms with E-state index in [9.17, 15) is 14.7 Å². The molecule has 0 fully saturated rings. The summed E-state index contributed by atoms with van der Waals surface area (Å²) < 4.78 is 5.23. The van der Waals surface area contributed by atoms with Gasteiger partial charge >= 0.3 is 12.1 Å². The number of alkyl carbamates (subject to hydrolysis) is 1. The van der Waals surface area contributed by atoms with Gasteiger partial charge in [-0.05, 0) is 32.8 Å². The highest BCUT2D eigenvalue weighted by atomic mass is 16.6. The number of nitrogens with zero attached hydrogens (tertiary/aromatic N) is 1. The van der Waals surface area contributed by atoms with Gasteiger partial charge in [-0.2, -0.15) is 0 Å². The van der Waals surface area contributed by atoms with Crippen LogP contribution in [-0.4, -0.2) is 47.3 Å². The fourth-order valence-corrected chi connectivity index (χ4v) is 2.33. The van der Waals surface area contributed by atoms with Crippen LogP contribution in [0.2, 0.25) is 0 Å². The second kappa shape index (κ2) is 10.6. The standard InChI is InChI=1S/C20H30N2O4/c1-5-17(18(23)24)11-13-22(15-16-9-7-6-8-10-16)14-12-21-19(25)26-20(2,3)4/h6-11H,5,12-15H2,1-4H3,(H,21,25)(H,23,24)/b17-11+. The van der Waals surface area contributed by atoms with E-state index in [4.69, 9.17) is 4.74 Å². The Balaban J connectivity index is 2.65. The summed E-state index contributed by atoms with van der Waals surface area (Å²) in [6, 6.07) is 9.94. The van der Waals surface area contributed by atoms with Crippen molar-refractivity contribution in [2.75, 3.05) is 19.6 Å². The Morgan fingerprint density at radius 1 is 1.23 bits per heavy atom. The molecule has 0 heterocycles. The average Bonchev–Trinajstić information content (AvgIpc) is 2.54. The number of rotatable bonds is 9. The number of nitrogens with one attached hydrogen (secondary N) is 1. The first kappa shape index (κ1) is 21.7. The quantitative estimate of drug-likeness (QED) is 0.658. The molecule has 0 saturated carbocycles. The van der Waals surface area contributed by atoms with Gasteiger partial charge in [0, 0.05) is 31.8 Å². The number of hydrogen-bond acceptors (Lipinski definition) is 4. The molecule has 1 amide bonds. The molecule has 26 heavy (non-hydrogen) atoms. The first-order chi connectivity index (χ1) is 12.2. The summed E-state index contributed by atoms with van der Waals surface area (Å²) in [6.07, 6.45) is 1.76. The van der Waals surface area contributed by atoms with Crippen molar-refractivity contribution in [3.05, 3.63) is 47.5 Å². The Bertz CT molecular complexity index is 606. The van der Waals surface area contributed by atoms with Crippen molar-refractivity contribution in [3.63, 3.8) is 0 Å². The summed E-state index contributed by atoms with van der Waals surface area (Å²) in [7, 11) is 0. The normalized spacial score (nSPS) is 12.1. The van der Waals surface area contributed by atoms with Crippen LogP contribution in [-0.2, 0) is 16.1 Å². The molecule has 144 valence electrons. The number of benzene rings is 1. The summed E-state index contributed by atoms with van der Waals surface area (Å²) in [5.74, 6) is -0.890. The molecule has 6 nitrogen and oxygen atoms in total. The zero-order valence-corrected chi connectivity index (χ0v) is 16.1. The summed E-state index contributed by atoms with van der Waals surface area (Å²) in [5.41, 5.74) is 0.989. The van der Waals surface area contributed by atoms with Gasteiger partial charge in [0.1, 0.15) is 5.60 Å². The lowest BCUT2D eigenvalue weighted by molar-refractivity contribution is -0.132. The SMILES string of the molecule is CC/C(=C\CN(CCNC(=O)OC(C)(C)C)Cc1ccccc1)C(=O)O. The number of ether oxygens (including phenoxy) is 1. The van der Waals surface area contributed by atoms with Crippen molar-refractivity contribution in [2.45, 2.75) is 46.3 Å². The van der Waals surface area contributed by atoms with Crippen LogP contribution >= 0.6 is 0 Å². The van der Waals surface area contributed by atoms with Crippen LogP contribution in [0, 0.1) is 0 Å². The fraction of sp³-hybridized carbons (Fsp3) is 0.500. The van der Waals surface area contributed by atoms with E-state index >= 15 is 0 Å². The van der Waals surface area contributed by atoms with Crippen LogP contribution in [0.5, 0.6) is 0 Å². The molecule has 0 aliphatic rings. The molecule has 1 aromatic carbocycles. The van der Waals surface area contributed by atoms with Gasteiger partial charge in [-0.1, -0.05) is 43.3 Å². The Kier molecular flexibility index (Phi) is 8.85. The monoisotopic (exact) mass is 362 g/mol. The van der Waals surface area contributed by atoms with Crippen LogP contribution < -0.4 is 5.32 Å². The molecule has 0 unspecified atom stereocenters. The fourth-order valence-electron chi connectivity index (χ4n) is 2.33. The average molecular weight is 362 g/mol. The number of carboxylic acid groups (broad SMARTS) is 1. The summed E-state index contributed by atoms with van der Waals surface area (Å²) in [4.78, 5) is 25.0. The van der Waals surface area contributed by atoms with Gasteiger partial charge < -0.3 is 15.2 Å². The molecule has 0 spiro atoms. The van der Waals surface area contributed by atoms with Gasteiger partial charge in [0.05, 0.1) is 0 Å². The molecule has 1 aromatic rings. The topological polar surface area (TPSA) is 78.9 Å². The Morgan fingerprint density at radius 3 is 2.42 bits per heavy atom. The number of amides is 1. The van der Waals surface area contributed by atoms with Crippen molar-refractivity contribution < 1.29 is 19.4 Å². The molecule has 0 saturated heterocycles. The maximum absolute atomic E-state index is 11.8. The third-order valence-electron chi connectivity index (χ3n) is 3.60. The van der Waals surface area contributed by atoms with Gasteiger partial charge in [-0.25, -0.2) is 9.59 Å². The van der Waals surface area contributed by atoms with E-state index < -0.39 is 17.7 Å². The van der Waals surface area contributed by atoms with Crippen molar-refractivity contribution in [2.24, 2.45) is 0 Å². The largest absolute Gasteiger partial charge is 0.478 e. The maximum atomic E-state index is 11.8. The van der Waals surface area contributed by atoms with Crippen LogP contribution in [0.3, 0.4) is 0 Å². The second-order valence-corrected chi connectivity index (χ2v) is 7.04. The minimum absolute atomic E-state index is 0.392. The van der Waals surface area contributed by atoms with E-state index in [0.717, 1.165) is 5.56 Å².